The highest BCUT2D eigenvalue weighted by molar-refractivity contribution is 7.89. The molecule has 1 aromatic heterocycles. The Morgan fingerprint density at radius 2 is 1.97 bits per heavy atom. The zero-order valence-corrected chi connectivity index (χ0v) is 17.1. The quantitative estimate of drug-likeness (QED) is 0.481. The van der Waals surface area contributed by atoms with Crippen LogP contribution in [0.25, 0.3) is 11.0 Å². The van der Waals surface area contributed by atoms with E-state index in [4.69, 9.17) is 9.47 Å². The Labute approximate surface area is 168 Å². The Morgan fingerprint density at radius 1 is 1.17 bits per heavy atom. The first-order valence-electron chi connectivity index (χ1n) is 8.78. The molecule has 3 aromatic rings. The third kappa shape index (κ3) is 4.73. The second-order valence-electron chi connectivity index (χ2n) is 6.26. The zero-order chi connectivity index (χ0) is 21.0. The summed E-state index contributed by atoms with van der Waals surface area (Å²) in [6.45, 7) is 2.16. The molecule has 10 heteroatoms. The number of rotatable bonds is 8. The van der Waals surface area contributed by atoms with Crippen LogP contribution in [0.5, 0.6) is 5.75 Å². The number of ether oxygens (including phenoxy) is 2. The van der Waals surface area contributed by atoms with Crippen LogP contribution in [-0.4, -0.2) is 51.7 Å². The highest BCUT2D eigenvalue weighted by Gasteiger charge is 2.21. The van der Waals surface area contributed by atoms with Crippen molar-refractivity contribution >= 4 is 32.7 Å². The number of imidazole rings is 1. The van der Waals surface area contributed by atoms with Crippen molar-refractivity contribution in [3.63, 3.8) is 0 Å². The first-order chi connectivity index (χ1) is 13.8. The number of sulfonamides is 1. The number of nitrogens with zero attached hydrogens (tertiary/aromatic N) is 1. The van der Waals surface area contributed by atoms with Crippen molar-refractivity contribution in [3.8, 4) is 5.75 Å². The van der Waals surface area contributed by atoms with Gasteiger partial charge >= 0.3 is 0 Å². The number of aromatic amines is 1. The van der Waals surface area contributed by atoms with Crippen LogP contribution < -0.4 is 14.8 Å². The average Bonchev–Trinajstić information content (AvgIpc) is 3.06. The van der Waals surface area contributed by atoms with Crippen molar-refractivity contribution in [1.82, 2.24) is 14.7 Å². The number of aryl methyl sites for hydroxylation is 1. The number of anilines is 1. The molecule has 0 radical (unpaired) electrons. The lowest BCUT2D eigenvalue weighted by molar-refractivity contribution is 0.102. The highest BCUT2D eigenvalue weighted by Crippen LogP contribution is 2.25. The maximum absolute atomic E-state index is 12.7. The number of carbonyl (C=O) groups is 1. The molecule has 0 saturated carbocycles. The van der Waals surface area contributed by atoms with E-state index in [1.807, 2.05) is 6.92 Å². The summed E-state index contributed by atoms with van der Waals surface area (Å²) in [5.74, 6) is 0.465. The lowest BCUT2D eigenvalue weighted by Crippen LogP contribution is -2.28. The molecule has 0 unspecified atom stereocenters. The second-order valence-corrected chi connectivity index (χ2v) is 8.00. The predicted molar refractivity (Wildman–Crippen MR) is 109 cm³/mol. The van der Waals surface area contributed by atoms with Crippen LogP contribution in [0.3, 0.4) is 0 Å². The van der Waals surface area contributed by atoms with E-state index in [1.54, 1.807) is 18.2 Å². The molecule has 0 saturated heterocycles. The minimum Gasteiger partial charge on any atom is -0.495 e. The molecule has 3 N–H and O–H groups in total. The SMILES string of the molecule is COCCNS(=O)(=O)c1cc(C(=O)Nc2ccc3nc(C)[nH]c3c2)ccc1OC. The normalized spacial score (nSPS) is 11.6. The molecule has 9 nitrogen and oxygen atoms in total. The van der Waals surface area contributed by atoms with Gasteiger partial charge in [0, 0.05) is 24.9 Å². The van der Waals surface area contributed by atoms with Crippen molar-refractivity contribution in [2.45, 2.75) is 11.8 Å². The number of benzene rings is 2. The molecule has 0 aliphatic carbocycles. The lowest BCUT2D eigenvalue weighted by atomic mass is 10.2. The van der Waals surface area contributed by atoms with Gasteiger partial charge in [-0.25, -0.2) is 18.1 Å². The second kappa shape index (κ2) is 8.60. The Hall–Kier alpha value is -2.95. The van der Waals surface area contributed by atoms with Gasteiger partial charge in [-0.05, 0) is 43.3 Å². The number of amides is 1. The summed E-state index contributed by atoms with van der Waals surface area (Å²) in [6.07, 6.45) is 0. The van der Waals surface area contributed by atoms with Gasteiger partial charge in [0.15, 0.2) is 0 Å². The number of hydrogen-bond donors (Lipinski definition) is 3. The van der Waals surface area contributed by atoms with E-state index >= 15 is 0 Å². The largest absolute Gasteiger partial charge is 0.495 e. The van der Waals surface area contributed by atoms with Crippen LogP contribution in [0.15, 0.2) is 41.3 Å². The first kappa shape index (κ1) is 20.8. The van der Waals surface area contributed by atoms with E-state index in [0.717, 1.165) is 16.9 Å². The van der Waals surface area contributed by atoms with Crippen LogP contribution in [-0.2, 0) is 14.8 Å². The summed E-state index contributed by atoms with van der Waals surface area (Å²) in [5.41, 5.74) is 2.32. The highest BCUT2D eigenvalue weighted by atomic mass is 32.2. The summed E-state index contributed by atoms with van der Waals surface area (Å²) in [6, 6.07) is 9.51. The van der Waals surface area contributed by atoms with Gasteiger partial charge < -0.3 is 19.8 Å². The molecule has 0 atom stereocenters. The number of hydrogen-bond acceptors (Lipinski definition) is 6. The molecule has 0 aliphatic rings. The molecular formula is C19H22N4O5S. The molecule has 0 fully saturated rings. The number of methoxy groups -OCH3 is 2. The smallest absolute Gasteiger partial charge is 0.255 e. The van der Waals surface area contributed by atoms with Gasteiger partial charge in [-0.1, -0.05) is 0 Å². The Kier molecular flexibility index (Phi) is 6.16. The van der Waals surface area contributed by atoms with Gasteiger partial charge in [0.1, 0.15) is 16.5 Å². The van der Waals surface area contributed by atoms with Gasteiger partial charge in [0.05, 0.1) is 24.8 Å². The minimum absolute atomic E-state index is 0.0992. The zero-order valence-electron chi connectivity index (χ0n) is 16.3. The van der Waals surface area contributed by atoms with Crippen LogP contribution >= 0.6 is 0 Å². The van der Waals surface area contributed by atoms with E-state index < -0.39 is 15.9 Å². The molecule has 2 aromatic carbocycles. The number of aromatic nitrogens is 2. The fourth-order valence-corrected chi connectivity index (χ4v) is 4.01. The predicted octanol–water partition coefficient (Wildman–Crippen LogP) is 2.06. The number of nitrogens with one attached hydrogen (secondary N) is 3. The van der Waals surface area contributed by atoms with Crippen LogP contribution in [0.1, 0.15) is 16.2 Å². The fourth-order valence-electron chi connectivity index (χ4n) is 2.80. The van der Waals surface area contributed by atoms with Gasteiger partial charge in [0.2, 0.25) is 10.0 Å². The average molecular weight is 418 g/mol. The molecule has 3 rings (SSSR count). The van der Waals surface area contributed by atoms with E-state index in [0.29, 0.717) is 5.69 Å². The number of fused-ring (bicyclic) bond motifs is 1. The molecule has 0 bridgehead atoms. The van der Waals surface area contributed by atoms with Gasteiger partial charge in [-0.15, -0.1) is 0 Å². The number of carbonyl (C=O) groups excluding carboxylic acids is 1. The molecular weight excluding hydrogens is 396 g/mol. The molecule has 154 valence electrons. The molecule has 1 heterocycles. The van der Waals surface area contributed by atoms with Crippen molar-refractivity contribution < 1.29 is 22.7 Å². The van der Waals surface area contributed by atoms with E-state index in [9.17, 15) is 13.2 Å². The Bertz CT molecular complexity index is 1140. The number of H-pyrrole nitrogens is 1. The summed E-state index contributed by atoms with van der Waals surface area (Å²) < 4.78 is 37.6. The first-order valence-corrected chi connectivity index (χ1v) is 10.3. The van der Waals surface area contributed by atoms with Crippen LogP contribution in [0.2, 0.25) is 0 Å². The third-order valence-corrected chi connectivity index (χ3v) is 5.65. The minimum atomic E-state index is -3.88. The van der Waals surface area contributed by atoms with Crippen molar-refractivity contribution in [2.24, 2.45) is 0 Å². The van der Waals surface area contributed by atoms with E-state index in [-0.39, 0.29) is 29.4 Å². The summed E-state index contributed by atoms with van der Waals surface area (Å²) in [4.78, 5) is 20.0. The van der Waals surface area contributed by atoms with Crippen LogP contribution in [0.4, 0.5) is 5.69 Å². The maximum Gasteiger partial charge on any atom is 0.255 e. The fraction of sp³-hybridized carbons (Fsp3) is 0.263. The Balaban J connectivity index is 1.86. The summed E-state index contributed by atoms with van der Waals surface area (Å²) in [7, 11) is -1.04. The Morgan fingerprint density at radius 3 is 2.69 bits per heavy atom. The van der Waals surface area contributed by atoms with Crippen molar-refractivity contribution in [2.75, 3.05) is 32.7 Å². The van der Waals surface area contributed by atoms with E-state index in [1.165, 1.54) is 32.4 Å². The third-order valence-electron chi connectivity index (χ3n) is 4.17. The van der Waals surface area contributed by atoms with E-state index in [2.05, 4.69) is 20.0 Å². The topological polar surface area (TPSA) is 122 Å². The summed E-state index contributed by atoms with van der Waals surface area (Å²) >= 11 is 0. The van der Waals surface area contributed by atoms with Crippen molar-refractivity contribution in [1.29, 1.82) is 0 Å². The molecule has 29 heavy (non-hydrogen) atoms. The lowest BCUT2D eigenvalue weighted by Gasteiger charge is -2.12. The molecule has 0 spiro atoms. The van der Waals surface area contributed by atoms with Crippen LogP contribution in [0, 0.1) is 6.92 Å². The molecule has 0 aliphatic heterocycles. The maximum atomic E-state index is 12.7. The van der Waals surface area contributed by atoms with Gasteiger partial charge in [-0.3, -0.25) is 4.79 Å². The van der Waals surface area contributed by atoms with Gasteiger partial charge in [-0.2, -0.15) is 0 Å². The van der Waals surface area contributed by atoms with Crippen molar-refractivity contribution in [3.05, 3.63) is 47.8 Å². The summed E-state index contributed by atoms with van der Waals surface area (Å²) in [5, 5.41) is 2.77. The van der Waals surface area contributed by atoms with Gasteiger partial charge in [0.25, 0.3) is 5.91 Å². The molecule has 1 amide bonds. The monoisotopic (exact) mass is 418 g/mol. The standard InChI is InChI=1S/C19H22N4O5S/c1-12-21-15-6-5-14(11-16(15)22-12)23-19(24)13-4-7-17(28-3)18(10-13)29(25,26)20-8-9-27-2/h4-7,10-11,20H,8-9H2,1-3H3,(H,21,22)(H,23,24).